The first-order valence-electron chi connectivity index (χ1n) is 15.0. The molecule has 7 heteroatoms. The number of carbonyl (C=O) groups excluding carboxylic acids is 3. The van der Waals surface area contributed by atoms with Crippen LogP contribution in [0.5, 0.6) is 0 Å². The summed E-state index contributed by atoms with van der Waals surface area (Å²) >= 11 is 0. The maximum atomic E-state index is 14.4. The maximum Gasteiger partial charge on any atom is 0.408 e. The smallest absolute Gasteiger partial charge is 0.408 e. The molecule has 0 fully saturated rings. The van der Waals surface area contributed by atoms with Crippen molar-refractivity contribution in [3.63, 3.8) is 0 Å². The molecule has 0 heterocycles. The fraction of sp³-hybridized carbons (Fsp3) is 0.457. The number of rotatable bonds is 11. The molecule has 0 radical (unpaired) electrons. The van der Waals surface area contributed by atoms with Crippen LogP contribution >= 0.6 is 0 Å². The summed E-state index contributed by atoms with van der Waals surface area (Å²) in [7, 11) is 0. The van der Waals surface area contributed by atoms with Gasteiger partial charge in [-0.2, -0.15) is 0 Å². The van der Waals surface area contributed by atoms with Crippen molar-refractivity contribution in [2.24, 2.45) is 5.92 Å². The van der Waals surface area contributed by atoms with E-state index in [9.17, 15) is 14.4 Å². The van der Waals surface area contributed by atoms with E-state index < -0.39 is 23.8 Å². The molecule has 0 spiro atoms. The molecule has 226 valence electrons. The molecule has 0 aliphatic heterocycles. The lowest BCUT2D eigenvalue weighted by Crippen LogP contribution is -2.53. The lowest BCUT2D eigenvalue weighted by atomic mass is 9.92. The van der Waals surface area contributed by atoms with Crippen LogP contribution in [0.1, 0.15) is 83.5 Å². The van der Waals surface area contributed by atoms with Crippen molar-refractivity contribution in [1.82, 2.24) is 10.2 Å². The first kappa shape index (κ1) is 32.6. The number of nitrogens with zero attached hydrogens (tertiary/aromatic N) is 1. The molecule has 2 N–H and O–H groups in total. The van der Waals surface area contributed by atoms with Crippen molar-refractivity contribution >= 4 is 34.4 Å². The quantitative estimate of drug-likeness (QED) is 0.246. The Hall–Kier alpha value is -3.87. The Labute approximate surface area is 251 Å². The Balaban J connectivity index is 2.07. The molecule has 3 amide bonds. The van der Waals surface area contributed by atoms with Crippen LogP contribution in [0.3, 0.4) is 0 Å². The number of aryl methyl sites for hydroxylation is 2. The van der Waals surface area contributed by atoms with Gasteiger partial charge in [0, 0.05) is 12.2 Å². The number of hydrogen-bond donors (Lipinski definition) is 2. The largest absolute Gasteiger partial charge is 0.444 e. The van der Waals surface area contributed by atoms with Gasteiger partial charge >= 0.3 is 6.09 Å². The van der Waals surface area contributed by atoms with Gasteiger partial charge in [-0.3, -0.25) is 9.59 Å². The Morgan fingerprint density at radius 1 is 0.905 bits per heavy atom. The molecule has 0 bridgehead atoms. The lowest BCUT2D eigenvalue weighted by molar-refractivity contribution is -0.141. The number of hydrogen-bond acceptors (Lipinski definition) is 4. The number of nitrogens with one attached hydrogen (secondary N) is 2. The van der Waals surface area contributed by atoms with Crippen molar-refractivity contribution < 1.29 is 19.1 Å². The monoisotopic (exact) mass is 573 g/mol. The predicted octanol–water partition coefficient (Wildman–Crippen LogP) is 7.70. The van der Waals surface area contributed by atoms with Gasteiger partial charge in [0.15, 0.2) is 0 Å². The van der Waals surface area contributed by atoms with Gasteiger partial charge in [-0.25, -0.2) is 4.79 Å². The van der Waals surface area contributed by atoms with Crippen LogP contribution in [0.25, 0.3) is 10.8 Å². The summed E-state index contributed by atoms with van der Waals surface area (Å²) in [5, 5.41) is 8.01. The number of ether oxygens (including phenoxy) is 1. The number of alkyl carbamates (subject to hydrolysis) is 1. The summed E-state index contributed by atoms with van der Waals surface area (Å²) in [5.41, 5.74) is 2.58. The molecule has 2 unspecified atom stereocenters. The van der Waals surface area contributed by atoms with Gasteiger partial charge < -0.3 is 20.3 Å². The third kappa shape index (κ3) is 8.81. The fourth-order valence-electron chi connectivity index (χ4n) is 5.20. The number of unbranched alkanes of at least 4 members (excludes halogenated alkanes) is 1. The second-order valence-corrected chi connectivity index (χ2v) is 12.5. The first-order chi connectivity index (χ1) is 19.8. The number of fused-ring (bicyclic) bond motifs is 1. The van der Waals surface area contributed by atoms with Gasteiger partial charge in [-0.05, 0) is 93.0 Å². The van der Waals surface area contributed by atoms with Gasteiger partial charge in [0.25, 0.3) is 5.91 Å². The minimum absolute atomic E-state index is 0.118. The van der Waals surface area contributed by atoms with E-state index in [-0.39, 0.29) is 17.7 Å². The third-order valence-corrected chi connectivity index (χ3v) is 7.12. The molecule has 3 aromatic rings. The highest BCUT2D eigenvalue weighted by atomic mass is 16.6. The van der Waals surface area contributed by atoms with Gasteiger partial charge in [-0.1, -0.05) is 75.7 Å². The summed E-state index contributed by atoms with van der Waals surface area (Å²) in [4.78, 5) is 43.2. The first-order valence-corrected chi connectivity index (χ1v) is 15.0. The summed E-state index contributed by atoms with van der Waals surface area (Å²) in [6.45, 7) is 15.7. The van der Waals surface area contributed by atoms with Gasteiger partial charge in [0.1, 0.15) is 17.7 Å². The lowest BCUT2D eigenvalue weighted by Gasteiger charge is -2.36. The molecule has 0 saturated heterocycles. The van der Waals surface area contributed by atoms with Crippen LogP contribution in [0, 0.1) is 19.8 Å². The molecule has 0 aliphatic carbocycles. The molecule has 7 nitrogen and oxygen atoms in total. The molecule has 0 aliphatic rings. The number of benzene rings is 3. The van der Waals surface area contributed by atoms with Crippen LogP contribution in [0.2, 0.25) is 0 Å². The van der Waals surface area contributed by atoms with Crippen molar-refractivity contribution in [2.45, 2.75) is 92.3 Å². The average Bonchev–Trinajstić information content (AvgIpc) is 2.90. The number of anilines is 1. The minimum Gasteiger partial charge on any atom is -0.444 e. The van der Waals surface area contributed by atoms with E-state index in [0.29, 0.717) is 25.1 Å². The number of carbonyl (C=O) groups is 3. The van der Waals surface area contributed by atoms with E-state index >= 15 is 0 Å². The standard InChI is InChI=1S/C35H47N3O4/c1-9-10-20-38(33(40)29(21-23(2)3)37-34(41)42-35(6,7)8)31(30-24(4)14-13-15-25(30)5)32(39)36-28-19-18-26-16-11-12-17-27(26)22-28/h11-19,22-23,29,31H,9-10,20-21H2,1-8H3,(H,36,39)(H,37,41). The Morgan fingerprint density at radius 2 is 1.55 bits per heavy atom. The summed E-state index contributed by atoms with van der Waals surface area (Å²) in [6, 6.07) is 17.9. The Bertz CT molecular complexity index is 1370. The summed E-state index contributed by atoms with van der Waals surface area (Å²) in [5.74, 6) is -0.482. The minimum atomic E-state index is -0.896. The van der Waals surface area contributed by atoms with Crippen molar-refractivity contribution in [3.8, 4) is 0 Å². The zero-order valence-electron chi connectivity index (χ0n) is 26.4. The van der Waals surface area contributed by atoms with Crippen molar-refractivity contribution in [3.05, 3.63) is 77.4 Å². The molecule has 3 rings (SSSR count). The predicted molar refractivity (Wildman–Crippen MR) is 170 cm³/mol. The van der Waals surface area contributed by atoms with Crippen molar-refractivity contribution in [1.29, 1.82) is 0 Å². The normalized spacial score (nSPS) is 13.0. The highest BCUT2D eigenvalue weighted by Gasteiger charge is 2.37. The maximum absolute atomic E-state index is 14.4. The summed E-state index contributed by atoms with van der Waals surface area (Å²) in [6.07, 6.45) is 1.30. The van der Waals surface area contributed by atoms with E-state index in [1.165, 1.54) is 0 Å². The molecular formula is C35H47N3O4. The number of amides is 3. The van der Waals surface area contributed by atoms with E-state index in [1.807, 2.05) is 88.4 Å². The van der Waals surface area contributed by atoms with Crippen LogP contribution in [-0.4, -0.2) is 41.0 Å². The third-order valence-electron chi connectivity index (χ3n) is 7.12. The van der Waals surface area contributed by atoms with E-state index in [0.717, 1.165) is 33.9 Å². The highest BCUT2D eigenvalue weighted by Crippen LogP contribution is 2.31. The van der Waals surface area contributed by atoms with E-state index in [2.05, 4.69) is 17.6 Å². The molecule has 42 heavy (non-hydrogen) atoms. The Morgan fingerprint density at radius 3 is 2.14 bits per heavy atom. The SMILES string of the molecule is CCCCN(C(=O)C(CC(C)C)NC(=O)OC(C)(C)C)C(C(=O)Nc1ccc2ccccc2c1)c1c(C)cccc1C. The van der Waals surface area contributed by atoms with Crippen LogP contribution in [0.15, 0.2) is 60.7 Å². The van der Waals surface area contributed by atoms with Crippen LogP contribution < -0.4 is 10.6 Å². The molecule has 2 atom stereocenters. The fourth-order valence-corrected chi connectivity index (χ4v) is 5.20. The zero-order valence-corrected chi connectivity index (χ0v) is 26.4. The van der Waals surface area contributed by atoms with Crippen molar-refractivity contribution in [2.75, 3.05) is 11.9 Å². The van der Waals surface area contributed by atoms with E-state index in [4.69, 9.17) is 4.74 Å². The van der Waals surface area contributed by atoms with Crippen LogP contribution in [-0.2, 0) is 14.3 Å². The highest BCUT2D eigenvalue weighted by molar-refractivity contribution is 6.00. The molecular weight excluding hydrogens is 526 g/mol. The summed E-state index contributed by atoms with van der Waals surface area (Å²) < 4.78 is 5.51. The van der Waals surface area contributed by atoms with Gasteiger partial charge in [0.05, 0.1) is 0 Å². The topological polar surface area (TPSA) is 87.7 Å². The Kier molecular flexibility index (Phi) is 11.1. The molecule has 0 saturated carbocycles. The second kappa shape index (κ2) is 14.3. The van der Waals surface area contributed by atoms with E-state index in [1.54, 1.807) is 25.7 Å². The second-order valence-electron chi connectivity index (χ2n) is 12.5. The molecule has 0 aromatic heterocycles. The van der Waals surface area contributed by atoms with Gasteiger partial charge in [0.2, 0.25) is 5.91 Å². The molecule has 3 aromatic carbocycles. The van der Waals surface area contributed by atoms with Gasteiger partial charge in [-0.15, -0.1) is 0 Å². The zero-order chi connectivity index (χ0) is 31.0. The average molecular weight is 574 g/mol. The van der Waals surface area contributed by atoms with Crippen LogP contribution in [0.4, 0.5) is 10.5 Å².